The van der Waals surface area contributed by atoms with E-state index in [-0.39, 0.29) is 0 Å². The fourth-order valence-electron chi connectivity index (χ4n) is 2.82. The Balaban J connectivity index is 1.80. The fourth-order valence-corrected chi connectivity index (χ4v) is 2.82. The Kier molecular flexibility index (Phi) is 3.33. The molecule has 3 nitrogen and oxygen atoms in total. The third kappa shape index (κ3) is 2.53. The lowest BCUT2D eigenvalue weighted by Crippen LogP contribution is -2.04. The van der Waals surface area contributed by atoms with Crippen LogP contribution >= 0.6 is 0 Å². The quantitative estimate of drug-likeness (QED) is 0.802. The molecule has 3 rings (SSSR count). The first-order valence-electron chi connectivity index (χ1n) is 6.84. The molecule has 1 aliphatic carbocycles. The molecule has 1 fully saturated rings. The standard InChI is InChI=1S/C16H16N2O/c17-11-15-10-16(19-18-15)14-8-6-13(7-9-14)12-4-2-1-3-5-12/h6-10,12H,1-5H2. The summed E-state index contributed by atoms with van der Waals surface area (Å²) in [5.74, 6) is 1.37. The van der Waals surface area contributed by atoms with Crippen LogP contribution in [0.25, 0.3) is 11.3 Å². The lowest BCUT2D eigenvalue weighted by Gasteiger charge is -2.21. The highest BCUT2D eigenvalue weighted by Crippen LogP contribution is 2.33. The molecule has 0 unspecified atom stereocenters. The lowest BCUT2D eigenvalue weighted by molar-refractivity contribution is 0.430. The monoisotopic (exact) mass is 252 g/mol. The van der Waals surface area contributed by atoms with Gasteiger partial charge in [0.25, 0.3) is 0 Å². The molecule has 1 heterocycles. The van der Waals surface area contributed by atoms with Crippen LogP contribution in [0.2, 0.25) is 0 Å². The average Bonchev–Trinajstić information content (AvgIpc) is 2.97. The molecule has 0 saturated heterocycles. The second kappa shape index (κ2) is 5.27. The topological polar surface area (TPSA) is 49.8 Å². The lowest BCUT2D eigenvalue weighted by atomic mass is 9.84. The predicted molar refractivity (Wildman–Crippen MR) is 72.5 cm³/mol. The molecular formula is C16H16N2O. The number of hydrogen-bond donors (Lipinski definition) is 0. The van der Waals surface area contributed by atoms with Crippen molar-refractivity contribution in [2.24, 2.45) is 0 Å². The molecule has 0 spiro atoms. The van der Waals surface area contributed by atoms with Gasteiger partial charge in [-0.1, -0.05) is 48.7 Å². The summed E-state index contributed by atoms with van der Waals surface area (Å²) < 4.78 is 5.15. The normalized spacial score (nSPS) is 16.2. The molecule has 1 aliphatic rings. The third-order valence-electron chi connectivity index (χ3n) is 3.90. The van der Waals surface area contributed by atoms with Crippen LogP contribution in [0.1, 0.15) is 49.3 Å². The van der Waals surface area contributed by atoms with Gasteiger partial charge in [0.2, 0.25) is 0 Å². The molecule has 1 saturated carbocycles. The van der Waals surface area contributed by atoms with Crippen molar-refractivity contribution in [2.45, 2.75) is 38.0 Å². The maximum absolute atomic E-state index is 8.74. The van der Waals surface area contributed by atoms with Gasteiger partial charge in [0.15, 0.2) is 11.5 Å². The summed E-state index contributed by atoms with van der Waals surface area (Å²) in [6.45, 7) is 0. The largest absolute Gasteiger partial charge is 0.355 e. The van der Waals surface area contributed by atoms with E-state index in [4.69, 9.17) is 9.78 Å². The van der Waals surface area contributed by atoms with E-state index < -0.39 is 0 Å². The van der Waals surface area contributed by atoms with Crippen molar-refractivity contribution in [1.29, 1.82) is 5.26 Å². The van der Waals surface area contributed by atoms with Gasteiger partial charge in [-0.2, -0.15) is 5.26 Å². The molecule has 96 valence electrons. The van der Waals surface area contributed by atoms with Crippen molar-refractivity contribution < 1.29 is 4.52 Å². The van der Waals surface area contributed by atoms with Gasteiger partial charge in [0.05, 0.1) is 0 Å². The zero-order chi connectivity index (χ0) is 13.1. The van der Waals surface area contributed by atoms with E-state index in [1.165, 1.54) is 37.7 Å². The maximum Gasteiger partial charge on any atom is 0.184 e. The van der Waals surface area contributed by atoms with Crippen LogP contribution in [0.4, 0.5) is 0 Å². The minimum atomic E-state index is 0.325. The molecule has 0 atom stereocenters. The van der Waals surface area contributed by atoms with Gasteiger partial charge in [-0.25, -0.2) is 0 Å². The average molecular weight is 252 g/mol. The number of hydrogen-bond acceptors (Lipinski definition) is 3. The molecule has 2 aromatic rings. The second-order valence-electron chi connectivity index (χ2n) is 5.15. The van der Waals surface area contributed by atoms with Crippen molar-refractivity contribution in [3.8, 4) is 17.4 Å². The van der Waals surface area contributed by atoms with Crippen LogP contribution < -0.4 is 0 Å². The summed E-state index contributed by atoms with van der Waals surface area (Å²) in [7, 11) is 0. The van der Waals surface area contributed by atoms with Gasteiger partial charge in [-0.05, 0) is 24.3 Å². The number of benzene rings is 1. The third-order valence-corrected chi connectivity index (χ3v) is 3.90. The van der Waals surface area contributed by atoms with E-state index >= 15 is 0 Å². The van der Waals surface area contributed by atoms with Crippen molar-refractivity contribution >= 4 is 0 Å². The minimum absolute atomic E-state index is 0.325. The first-order chi connectivity index (χ1) is 9.36. The maximum atomic E-state index is 8.74. The number of aromatic nitrogens is 1. The Morgan fingerprint density at radius 3 is 2.47 bits per heavy atom. The predicted octanol–water partition coefficient (Wildman–Crippen LogP) is 4.26. The van der Waals surface area contributed by atoms with Gasteiger partial charge in [-0.15, -0.1) is 0 Å². The Morgan fingerprint density at radius 2 is 1.84 bits per heavy atom. The van der Waals surface area contributed by atoms with Crippen LogP contribution in [0.3, 0.4) is 0 Å². The minimum Gasteiger partial charge on any atom is -0.355 e. The molecule has 19 heavy (non-hydrogen) atoms. The highest BCUT2D eigenvalue weighted by Gasteiger charge is 2.15. The Morgan fingerprint density at radius 1 is 1.11 bits per heavy atom. The van der Waals surface area contributed by atoms with E-state index in [1.807, 2.05) is 6.07 Å². The second-order valence-corrected chi connectivity index (χ2v) is 5.15. The summed E-state index contributed by atoms with van der Waals surface area (Å²) in [4.78, 5) is 0. The van der Waals surface area contributed by atoms with E-state index in [1.54, 1.807) is 6.07 Å². The van der Waals surface area contributed by atoms with Crippen molar-refractivity contribution in [1.82, 2.24) is 5.16 Å². The summed E-state index contributed by atoms with van der Waals surface area (Å²) in [5.41, 5.74) is 2.73. The summed E-state index contributed by atoms with van der Waals surface area (Å²) in [6.07, 6.45) is 6.68. The first-order valence-corrected chi connectivity index (χ1v) is 6.84. The highest BCUT2D eigenvalue weighted by atomic mass is 16.5. The van der Waals surface area contributed by atoms with E-state index in [2.05, 4.69) is 29.4 Å². The number of nitrogens with zero attached hydrogens (tertiary/aromatic N) is 2. The summed E-state index contributed by atoms with van der Waals surface area (Å²) in [6, 6.07) is 12.1. The van der Waals surface area contributed by atoms with Crippen molar-refractivity contribution in [2.75, 3.05) is 0 Å². The molecule has 0 N–H and O–H groups in total. The molecule has 3 heteroatoms. The molecule has 1 aromatic carbocycles. The van der Waals surface area contributed by atoms with Gasteiger partial charge in [-0.3, -0.25) is 0 Å². The molecule has 0 amide bonds. The Hall–Kier alpha value is -2.08. The highest BCUT2D eigenvalue weighted by molar-refractivity contribution is 5.58. The van der Waals surface area contributed by atoms with E-state index in [0.717, 1.165) is 5.56 Å². The van der Waals surface area contributed by atoms with Gasteiger partial charge < -0.3 is 4.52 Å². The van der Waals surface area contributed by atoms with Crippen LogP contribution in [0.15, 0.2) is 34.9 Å². The van der Waals surface area contributed by atoms with Crippen LogP contribution in [-0.2, 0) is 0 Å². The smallest absolute Gasteiger partial charge is 0.184 e. The Bertz CT molecular complexity index is 586. The van der Waals surface area contributed by atoms with Crippen LogP contribution in [-0.4, -0.2) is 5.16 Å². The summed E-state index contributed by atoms with van der Waals surface area (Å²) >= 11 is 0. The number of rotatable bonds is 2. The van der Waals surface area contributed by atoms with Gasteiger partial charge in [0, 0.05) is 11.6 Å². The van der Waals surface area contributed by atoms with Gasteiger partial charge >= 0.3 is 0 Å². The SMILES string of the molecule is N#Cc1cc(-c2ccc(C3CCCCC3)cc2)on1. The first kappa shape index (κ1) is 12.0. The molecular weight excluding hydrogens is 236 g/mol. The molecule has 0 aliphatic heterocycles. The van der Waals surface area contributed by atoms with Crippen LogP contribution in [0, 0.1) is 11.3 Å². The number of nitriles is 1. The molecule has 0 radical (unpaired) electrons. The van der Waals surface area contributed by atoms with Gasteiger partial charge in [0.1, 0.15) is 6.07 Å². The zero-order valence-corrected chi connectivity index (χ0v) is 10.8. The van der Waals surface area contributed by atoms with E-state index in [0.29, 0.717) is 17.4 Å². The van der Waals surface area contributed by atoms with Crippen molar-refractivity contribution in [3.63, 3.8) is 0 Å². The Labute approximate surface area is 112 Å². The van der Waals surface area contributed by atoms with E-state index in [9.17, 15) is 0 Å². The summed E-state index contributed by atoms with van der Waals surface area (Å²) in [5, 5.41) is 12.4. The zero-order valence-electron chi connectivity index (χ0n) is 10.8. The fraction of sp³-hybridized carbons (Fsp3) is 0.375. The van der Waals surface area contributed by atoms with Crippen molar-refractivity contribution in [3.05, 3.63) is 41.6 Å². The molecule has 0 bridgehead atoms. The molecule has 1 aromatic heterocycles. The van der Waals surface area contributed by atoms with Crippen LogP contribution in [0.5, 0.6) is 0 Å².